The number of amides is 2. The highest BCUT2D eigenvalue weighted by Gasteiger charge is 2.29. The van der Waals surface area contributed by atoms with E-state index < -0.39 is 5.38 Å². The number of rotatable bonds is 4. The summed E-state index contributed by atoms with van der Waals surface area (Å²) < 4.78 is 16.5. The predicted molar refractivity (Wildman–Crippen MR) is 129 cm³/mol. The van der Waals surface area contributed by atoms with Crippen molar-refractivity contribution in [2.24, 2.45) is 0 Å². The van der Waals surface area contributed by atoms with Crippen LogP contribution in [0, 0.1) is 12.7 Å². The second-order valence-corrected chi connectivity index (χ2v) is 9.15. The van der Waals surface area contributed by atoms with Crippen LogP contribution in [-0.2, 0) is 4.79 Å². The lowest BCUT2D eigenvalue weighted by Gasteiger charge is -2.35. The molecular weight excluding hydrogens is 464 g/mol. The molecule has 5 nitrogen and oxygen atoms in total. The first-order valence-corrected chi connectivity index (χ1v) is 11.5. The topological polar surface area (TPSA) is 45.6 Å². The summed E-state index contributed by atoms with van der Waals surface area (Å²) >= 11 is 12.0. The van der Waals surface area contributed by atoms with Crippen LogP contribution in [0.5, 0.6) is 0 Å². The number of nitrogens with zero attached hydrogens (tertiary/aromatic N) is 3. The third-order valence-electron chi connectivity index (χ3n) is 5.93. The Kier molecular flexibility index (Phi) is 6.77. The maximum Gasteiger partial charge on any atom is 0.255 e. The van der Waals surface area contributed by atoms with E-state index in [2.05, 4.69) is 0 Å². The smallest absolute Gasteiger partial charge is 0.255 e. The highest BCUT2D eigenvalue weighted by atomic mass is 35.5. The van der Waals surface area contributed by atoms with Crippen LogP contribution >= 0.6 is 23.2 Å². The van der Waals surface area contributed by atoms with Crippen LogP contribution < -0.4 is 0 Å². The minimum Gasteiger partial charge on any atom is -0.338 e. The van der Waals surface area contributed by atoms with E-state index in [9.17, 15) is 14.0 Å². The van der Waals surface area contributed by atoms with E-state index >= 15 is 0 Å². The second kappa shape index (κ2) is 9.57. The molecule has 1 aromatic heterocycles. The molecule has 172 valence electrons. The van der Waals surface area contributed by atoms with Crippen LogP contribution in [0.25, 0.3) is 16.9 Å². The molecular formula is C25H24Cl2FN3O2. The van der Waals surface area contributed by atoms with E-state index in [1.165, 1.54) is 6.07 Å². The van der Waals surface area contributed by atoms with Gasteiger partial charge in [-0.2, -0.15) is 0 Å². The summed E-state index contributed by atoms with van der Waals surface area (Å²) in [7, 11) is 0. The van der Waals surface area contributed by atoms with Gasteiger partial charge in [-0.1, -0.05) is 35.9 Å². The van der Waals surface area contributed by atoms with Gasteiger partial charge < -0.3 is 14.4 Å². The number of aromatic nitrogens is 1. The van der Waals surface area contributed by atoms with E-state index in [4.69, 9.17) is 23.2 Å². The van der Waals surface area contributed by atoms with Gasteiger partial charge in [-0.15, -0.1) is 11.6 Å². The molecule has 33 heavy (non-hydrogen) atoms. The maximum atomic E-state index is 14.8. The molecule has 1 aliphatic heterocycles. The Morgan fingerprint density at radius 2 is 1.58 bits per heavy atom. The number of piperazine rings is 1. The summed E-state index contributed by atoms with van der Waals surface area (Å²) in [6.45, 7) is 5.14. The van der Waals surface area contributed by atoms with Crippen LogP contribution in [0.4, 0.5) is 4.39 Å². The molecule has 2 heterocycles. The molecule has 1 atom stereocenters. The molecule has 0 spiro atoms. The monoisotopic (exact) mass is 487 g/mol. The summed E-state index contributed by atoms with van der Waals surface area (Å²) in [5, 5.41) is 0.000632. The van der Waals surface area contributed by atoms with Crippen molar-refractivity contribution in [3.63, 3.8) is 0 Å². The van der Waals surface area contributed by atoms with Gasteiger partial charge in [0.05, 0.1) is 16.9 Å². The minimum atomic E-state index is -0.591. The van der Waals surface area contributed by atoms with Gasteiger partial charge in [0.1, 0.15) is 11.2 Å². The predicted octanol–water partition coefficient (Wildman–Crippen LogP) is 5.16. The van der Waals surface area contributed by atoms with Crippen LogP contribution in [0.3, 0.4) is 0 Å². The van der Waals surface area contributed by atoms with Crippen molar-refractivity contribution in [3.05, 3.63) is 76.7 Å². The first-order valence-electron chi connectivity index (χ1n) is 10.7. The van der Waals surface area contributed by atoms with Crippen LogP contribution in [-0.4, -0.2) is 57.7 Å². The highest BCUT2D eigenvalue weighted by Crippen LogP contribution is 2.32. The maximum absolute atomic E-state index is 14.8. The lowest BCUT2D eigenvalue weighted by molar-refractivity contribution is -0.131. The summed E-state index contributed by atoms with van der Waals surface area (Å²) in [5.74, 6) is -0.660. The molecule has 2 aromatic carbocycles. The zero-order chi connectivity index (χ0) is 23.7. The van der Waals surface area contributed by atoms with Gasteiger partial charge in [-0.05, 0) is 49.7 Å². The van der Waals surface area contributed by atoms with E-state index in [-0.39, 0.29) is 17.6 Å². The Bertz CT molecular complexity index is 1180. The Labute approximate surface area is 202 Å². The van der Waals surface area contributed by atoms with Crippen LogP contribution in [0.15, 0.2) is 54.6 Å². The molecule has 0 bridgehead atoms. The van der Waals surface area contributed by atoms with Crippen molar-refractivity contribution < 1.29 is 14.0 Å². The van der Waals surface area contributed by atoms with Gasteiger partial charge in [-0.25, -0.2) is 4.39 Å². The Morgan fingerprint density at radius 3 is 2.18 bits per heavy atom. The summed E-state index contributed by atoms with van der Waals surface area (Å²) in [4.78, 5) is 29.0. The van der Waals surface area contributed by atoms with Crippen molar-refractivity contribution in [3.8, 4) is 16.9 Å². The number of alkyl halides is 1. The lowest BCUT2D eigenvalue weighted by Crippen LogP contribution is -2.52. The third-order valence-corrected chi connectivity index (χ3v) is 6.37. The van der Waals surface area contributed by atoms with E-state index in [1.807, 2.05) is 19.1 Å². The van der Waals surface area contributed by atoms with Crippen molar-refractivity contribution in [2.45, 2.75) is 19.2 Å². The fourth-order valence-corrected chi connectivity index (χ4v) is 4.42. The van der Waals surface area contributed by atoms with Crippen molar-refractivity contribution >= 4 is 35.0 Å². The SMILES string of the molecule is Cc1c(C(=O)N2CCN(C(=O)C(C)Cl)CC2)cc(-c2ccc(Cl)cc2)n1-c1ccccc1F. The normalized spacial score (nSPS) is 14.9. The Balaban J connectivity index is 1.70. The largest absolute Gasteiger partial charge is 0.338 e. The first-order chi connectivity index (χ1) is 15.8. The molecule has 0 radical (unpaired) electrons. The van der Waals surface area contributed by atoms with Crippen molar-refractivity contribution in [1.29, 1.82) is 0 Å². The molecule has 8 heteroatoms. The molecule has 1 saturated heterocycles. The Hall–Kier alpha value is -2.83. The first kappa shape index (κ1) is 23.3. The highest BCUT2D eigenvalue weighted by molar-refractivity contribution is 6.30. The second-order valence-electron chi connectivity index (χ2n) is 8.06. The summed E-state index contributed by atoms with van der Waals surface area (Å²) in [6.07, 6.45) is 0. The number of carbonyl (C=O) groups excluding carboxylic acids is 2. The van der Waals surface area contributed by atoms with Crippen molar-refractivity contribution in [1.82, 2.24) is 14.4 Å². The standard InChI is InChI=1S/C25H24Cl2FN3O2/c1-16(26)24(32)29-11-13-30(14-12-29)25(33)20-15-23(18-7-9-19(27)10-8-18)31(17(20)2)22-6-4-3-5-21(22)28/h3-10,15-16H,11-14H2,1-2H3. The number of carbonyl (C=O) groups is 2. The molecule has 2 amide bonds. The van der Waals surface area contributed by atoms with Gasteiger partial charge in [-0.3, -0.25) is 9.59 Å². The van der Waals surface area contributed by atoms with Crippen LogP contribution in [0.2, 0.25) is 5.02 Å². The average Bonchev–Trinajstić information content (AvgIpc) is 3.15. The van der Waals surface area contributed by atoms with Gasteiger partial charge >= 0.3 is 0 Å². The van der Waals surface area contributed by atoms with Crippen molar-refractivity contribution in [2.75, 3.05) is 26.2 Å². The van der Waals surface area contributed by atoms with E-state index in [1.54, 1.807) is 57.7 Å². The number of hydrogen-bond acceptors (Lipinski definition) is 2. The van der Waals surface area contributed by atoms with E-state index in [0.29, 0.717) is 53.8 Å². The lowest BCUT2D eigenvalue weighted by atomic mass is 10.1. The number of benzene rings is 2. The van der Waals surface area contributed by atoms with Gasteiger partial charge in [0.15, 0.2) is 0 Å². The summed E-state index contributed by atoms with van der Waals surface area (Å²) in [5.41, 5.74) is 3.01. The Morgan fingerprint density at radius 1 is 0.970 bits per heavy atom. The zero-order valence-corrected chi connectivity index (χ0v) is 19.9. The molecule has 0 saturated carbocycles. The molecule has 0 N–H and O–H groups in total. The minimum absolute atomic E-state index is 0.129. The van der Waals surface area contributed by atoms with Gasteiger partial charge in [0, 0.05) is 36.9 Å². The van der Waals surface area contributed by atoms with Crippen LogP contribution in [0.1, 0.15) is 23.0 Å². The fourth-order valence-electron chi connectivity index (χ4n) is 4.15. The fraction of sp³-hybridized carbons (Fsp3) is 0.280. The summed E-state index contributed by atoms with van der Waals surface area (Å²) in [6, 6.07) is 15.5. The molecule has 3 aromatic rings. The van der Waals surface area contributed by atoms with E-state index in [0.717, 1.165) is 5.56 Å². The number of halogens is 3. The zero-order valence-electron chi connectivity index (χ0n) is 18.4. The molecule has 4 rings (SSSR count). The van der Waals surface area contributed by atoms with Gasteiger partial charge in [0.25, 0.3) is 5.91 Å². The molecule has 1 fully saturated rings. The average molecular weight is 488 g/mol. The molecule has 1 aliphatic rings. The number of para-hydroxylation sites is 1. The van der Waals surface area contributed by atoms with Gasteiger partial charge in [0.2, 0.25) is 5.91 Å². The molecule has 1 unspecified atom stereocenters. The third kappa shape index (κ3) is 4.63. The quantitative estimate of drug-likeness (QED) is 0.477. The molecule has 0 aliphatic carbocycles. The number of hydrogen-bond donors (Lipinski definition) is 0.